The van der Waals surface area contributed by atoms with E-state index in [1.165, 1.54) is 5.56 Å². The first-order chi connectivity index (χ1) is 8.66. The van der Waals surface area contributed by atoms with E-state index in [0.29, 0.717) is 16.0 Å². The molecule has 0 aliphatic carbocycles. The summed E-state index contributed by atoms with van der Waals surface area (Å²) in [6, 6.07) is 1.67. The predicted octanol–water partition coefficient (Wildman–Crippen LogP) is 2.86. The summed E-state index contributed by atoms with van der Waals surface area (Å²) < 4.78 is 0. The fourth-order valence-electron chi connectivity index (χ4n) is 1.61. The van der Waals surface area contributed by atoms with Gasteiger partial charge >= 0.3 is 0 Å². The van der Waals surface area contributed by atoms with Crippen molar-refractivity contribution in [1.82, 2.24) is 20.4 Å². The molecule has 2 aromatic rings. The highest BCUT2D eigenvalue weighted by molar-refractivity contribution is 6.33. The molecule has 18 heavy (non-hydrogen) atoms. The second-order valence-corrected chi connectivity index (χ2v) is 4.67. The molecule has 0 amide bonds. The first-order valence-electron chi connectivity index (χ1n) is 5.58. The van der Waals surface area contributed by atoms with Gasteiger partial charge in [0, 0.05) is 18.3 Å². The van der Waals surface area contributed by atoms with Crippen molar-refractivity contribution in [2.24, 2.45) is 0 Å². The molecule has 0 radical (unpaired) electrons. The van der Waals surface area contributed by atoms with Crippen LogP contribution in [0.3, 0.4) is 0 Å². The number of H-pyrrole nitrogens is 1. The zero-order valence-electron chi connectivity index (χ0n) is 9.87. The van der Waals surface area contributed by atoms with Gasteiger partial charge in [0.2, 0.25) is 0 Å². The van der Waals surface area contributed by atoms with Crippen LogP contribution in [0.15, 0.2) is 12.3 Å². The van der Waals surface area contributed by atoms with Crippen molar-refractivity contribution in [3.05, 3.63) is 33.8 Å². The molecule has 0 fully saturated rings. The Hall–Kier alpha value is -1.33. The lowest BCUT2D eigenvalue weighted by molar-refractivity contribution is 0.855. The van der Waals surface area contributed by atoms with Crippen molar-refractivity contribution in [3.8, 4) is 0 Å². The Morgan fingerprint density at radius 2 is 2.17 bits per heavy atom. The second-order valence-electron chi connectivity index (χ2n) is 3.92. The third kappa shape index (κ3) is 3.34. The molecule has 7 heteroatoms. The number of aromatic amines is 1. The summed E-state index contributed by atoms with van der Waals surface area (Å²) in [6.07, 6.45) is 3.78. The van der Waals surface area contributed by atoms with E-state index in [0.717, 1.165) is 25.1 Å². The molecule has 0 unspecified atom stereocenters. The van der Waals surface area contributed by atoms with E-state index in [2.05, 4.69) is 25.7 Å². The monoisotopic (exact) mass is 285 g/mol. The second kappa shape index (κ2) is 6.02. The van der Waals surface area contributed by atoms with Crippen molar-refractivity contribution in [3.63, 3.8) is 0 Å². The summed E-state index contributed by atoms with van der Waals surface area (Å²) in [5, 5.41) is 18.1. The van der Waals surface area contributed by atoms with Gasteiger partial charge in [-0.3, -0.25) is 5.10 Å². The van der Waals surface area contributed by atoms with Gasteiger partial charge in [0.25, 0.3) is 0 Å². The summed E-state index contributed by atoms with van der Waals surface area (Å²) in [7, 11) is 0. The molecule has 2 aromatic heterocycles. The molecule has 0 aliphatic heterocycles. The molecule has 0 aromatic carbocycles. The number of aryl methyl sites for hydroxylation is 2. The SMILES string of the molecule is Cc1[nH]ncc1CCCNc1cc(Cl)nnc1Cl. The minimum atomic E-state index is 0.326. The number of anilines is 1. The lowest BCUT2D eigenvalue weighted by Gasteiger charge is -2.07. The van der Waals surface area contributed by atoms with Crippen LogP contribution in [-0.2, 0) is 6.42 Å². The third-order valence-electron chi connectivity index (χ3n) is 2.59. The lowest BCUT2D eigenvalue weighted by atomic mass is 10.1. The molecular formula is C11H13Cl2N5. The van der Waals surface area contributed by atoms with Gasteiger partial charge in [0.15, 0.2) is 10.3 Å². The minimum Gasteiger partial charge on any atom is -0.382 e. The Labute approximate surface area is 115 Å². The van der Waals surface area contributed by atoms with Crippen molar-refractivity contribution in [2.75, 3.05) is 11.9 Å². The molecule has 0 bridgehead atoms. The molecular weight excluding hydrogens is 273 g/mol. The van der Waals surface area contributed by atoms with Crippen molar-refractivity contribution in [1.29, 1.82) is 0 Å². The van der Waals surface area contributed by atoms with Gasteiger partial charge in [-0.1, -0.05) is 23.2 Å². The number of hydrogen-bond acceptors (Lipinski definition) is 4. The Kier molecular flexibility index (Phi) is 4.38. The Morgan fingerprint density at radius 3 is 2.89 bits per heavy atom. The number of nitrogens with one attached hydrogen (secondary N) is 2. The average molecular weight is 286 g/mol. The molecule has 0 atom stereocenters. The maximum absolute atomic E-state index is 5.89. The number of rotatable bonds is 5. The standard InChI is InChI=1S/C11H13Cl2N5/c1-7-8(6-15-16-7)3-2-4-14-9-5-10(12)17-18-11(9)13/h5-6H,2-4H2,1H3,(H,14,17)(H,15,16). The zero-order chi connectivity index (χ0) is 13.0. The fraction of sp³-hybridized carbons (Fsp3) is 0.364. The van der Waals surface area contributed by atoms with Gasteiger partial charge < -0.3 is 5.32 Å². The van der Waals surface area contributed by atoms with E-state index in [4.69, 9.17) is 23.2 Å². The quantitative estimate of drug-likeness (QED) is 0.829. The molecule has 0 saturated heterocycles. The normalized spacial score (nSPS) is 10.6. The van der Waals surface area contributed by atoms with Crippen LogP contribution in [0.25, 0.3) is 0 Å². The summed E-state index contributed by atoms with van der Waals surface area (Å²) in [5.41, 5.74) is 3.05. The van der Waals surface area contributed by atoms with Crippen LogP contribution < -0.4 is 5.32 Å². The van der Waals surface area contributed by atoms with Crippen LogP contribution >= 0.6 is 23.2 Å². The number of aromatic nitrogens is 4. The maximum Gasteiger partial charge on any atom is 0.174 e. The predicted molar refractivity (Wildman–Crippen MR) is 72.2 cm³/mol. The fourth-order valence-corrected chi connectivity index (χ4v) is 1.91. The van der Waals surface area contributed by atoms with Gasteiger partial charge in [-0.2, -0.15) is 5.10 Å². The van der Waals surface area contributed by atoms with Gasteiger partial charge in [-0.25, -0.2) is 0 Å². The Bertz CT molecular complexity index is 526. The van der Waals surface area contributed by atoms with E-state index in [9.17, 15) is 0 Å². The summed E-state index contributed by atoms with van der Waals surface area (Å²) in [6.45, 7) is 2.80. The van der Waals surface area contributed by atoms with E-state index >= 15 is 0 Å². The van der Waals surface area contributed by atoms with E-state index in [1.807, 2.05) is 13.1 Å². The first kappa shape index (κ1) is 13.1. The molecule has 2 rings (SSSR count). The number of halogens is 2. The smallest absolute Gasteiger partial charge is 0.174 e. The Morgan fingerprint density at radius 1 is 1.33 bits per heavy atom. The van der Waals surface area contributed by atoms with Crippen LogP contribution in [-0.4, -0.2) is 26.9 Å². The van der Waals surface area contributed by atoms with E-state index in [-0.39, 0.29) is 0 Å². The largest absolute Gasteiger partial charge is 0.382 e. The van der Waals surface area contributed by atoms with Crippen molar-refractivity contribution >= 4 is 28.9 Å². The highest BCUT2D eigenvalue weighted by Gasteiger charge is 2.04. The highest BCUT2D eigenvalue weighted by Crippen LogP contribution is 2.20. The first-order valence-corrected chi connectivity index (χ1v) is 6.34. The summed E-state index contributed by atoms with van der Waals surface area (Å²) >= 11 is 11.6. The van der Waals surface area contributed by atoms with Crippen LogP contribution in [0, 0.1) is 6.92 Å². The van der Waals surface area contributed by atoms with Crippen molar-refractivity contribution < 1.29 is 0 Å². The van der Waals surface area contributed by atoms with Gasteiger partial charge in [0.1, 0.15) is 0 Å². The maximum atomic E-state index is 5.89. The molecule has 0 saturated carbocycles. The van der Waals surface area contributed by atoms with Crippen molar-refractivity contribution in [2.45, 2.75) is 19.8 Å². The van der Waals surface area contributed by atoms with Gasteiger partial charge in [-0.05, 0) is 25.3 Å². The lowest BCUT2D eigenvalue weighted by Crippen LogP contribution is -2.04. The van der Waals surface area contributed by atoms with Crippen LogP contribution in [0.1, 0.15) is 17.7 Å². The molecule has 5 nitrogen and oxygen atoms in total. The molecule has 96 valence electrons. The van der Waals surface area contributed by atoms with Gasteiger partial charge in [-0.15, -0.1) is 10.2 Å². The van der Waals surface area contributed by atoms with E-state index in [1.54, 1.807) is 6.07 Å². The number of nitrogens with zero attached hydrogens (tertiary/aromatic N) is 3. The average Bonchev–Trinajstić information content (AvgIpc) is 2.75. The number of hydrogen-bond donors (Lipinski definition) is 2. The molecule has 2 N–H and O–H groups in total. The minimum absolute atomic E-state index is 0.326. The molecule has 0 aliphatic rings. The third-order valence-corrected chi connectivity index (χ3v) is 3.06. The molecule has 0 spiro atoms. The Balaban J connectivity index is 1.82. The highest BCUT2D eigenvalue weighted by atomic mass is 35.5. The summed E-state index contributed by atoms with van der Waals surface area (Å²) in [4.78, 5) is 0. The van der Waals surface area contributed by atoms with Gasteiger partial charge in [0.05, 0.1) is 11.9 Å². The van der Waals surface area contributed by atoms with Crippen LogP contribution in [0.2, 0.25) is 10.3 Å². The van der Waals surface area contributed by atoms with Crippen LogP contribution in [0.5, 0.6) is 0 Å². The summed E-state index contributed by atoms with van der Waals surface area (Å²) in [5.74, 6) is 0. The zero-order valence-corrected chi connectivity index (χ0v) is 11.4. The van der Waals surface area contributed by atoms with E-state index < -0.39 is 0 Å². The topological polar surface area (TPSA) is 66.5 Å². The molecule has 2 heterocycles. The van der Waals surface area contributed by atoms with Crippen LogP contribution in [0.4, 0.5) is 5.69 Å².